The SMILES string of the molecule is CCOc1cccc(/C=C2/SC(=S)N(c3ccc(Cl)cc3)C2=O)c1. The Balaban J connectivity index is 1.88. The van der Waals surface area contributed by atoms with Gasteiger partial charge in [0.15, 0.2) is 4.32 Å². The first-order valence-electron chi connectivity index (χ1n) is 7.35. The van der Waals surface area contributed by atoms with Gasteiger partial charge in [-0.15, -0.1) is 0 Å². The summed E-state index contributed by atoms with van der Waals surface area (Å²) in [4.78, 5) is 14.8. The molecule has 3 rings (SSSR count). The molecule has 0 N–H and O–H groups in total. The Labute approximate surface area is 155 Å². The molecule has 0 radical (unpaired) electrons. The van der Waals surface area contributed by atoms with E-state index in [4.69, 9.17) is 28.6 Å². The fourth-order valence-electron chi connectivity index (χ4n) is 2.29. The molecule has 0 saturated carbocycles. The number of amides is 1. The van der Waals surface area contributed by atoms with Crippen molar-refractivity contribution in [2.75, 3.05) is 11.5 Å². The summed E-state index contributed by atoms with van der Waals surface area (Å²) < 4.78 is 6.00. The summed E-state index contributed by atoms with van der Waals surface area (Å²) in [7, 11) is 0. The maximum Gasteiger partial charge on any atom is 0.270 e. The molecule has 6 heteroatoms. The lowest BCUT2D eigenvalue weighted by atomic mass is 10.2. The van der Waals surface area contributed by atoms with Crippen molar-refractivity contribution in [1.82, 2.24) is 0 Å². The molecule has 1 aliphatic heterocycles. The lowest BCUT2D eigenvalue weighted by Gasteiger charge is -2.14. The lowest BCUT2D eigenvalue weighted by Crippen LogP contribution is -2.27. The zero-order valence-electron chi connectivity index (χ0n) is 12.9. The van der Waals surface area contributed by atoms with Gasteiger partial charge in [-0.05, 0) is 55.0 Å². The summed E-state index contributed by atoms with van der Waals surface area (Å²) in [6.45, 7) is 2.53. The number of ether oxygens (including phenoxy) is 1. The smallest absolute Gasteiger partial charge is 0.270 e. The number of anilines is 1. The average Bonchev–Trinajstić information content (AvgIpc) is 2.83. The van der Waals surface area contributed by atoms with Crippen LogP contribution in [0.15, 0.2) is 53.4 Å². The van der Waals surface area contributed by atoms with E-state index in [1.807, 2.05) is 37.3 Å². The zero-order valence-corrected chi connectivity index (χ0v) is 15.3. The minimum absolute atomic E-state index is 0.130. The first-order chi connectivity index (χ1) is 11.6. The fourth-order valence-corrected chi connectivity index (χ4v) is 3.72. The second-order valence-corrected chi connectivity index (χ2v) is 7.11. The van der Waals surface area contributed by atoms with Crippen LogP contribution in [0.1, 0.15) is 12.5 Å². The van der Waals surface area contributed by atoms with E-state index in [9.17, 15) is 4.79 Å². The Kier molecular flexibility index (Phi) is 5.23. The van der Waals surface area contributed by atoms with Crippen LogP contribution in [0.5, 0.6) is 5.75 Å². The van der Waals surface area contributed by atoms with Crippen LogP contribution in [0.4, 0.5) is 5.69 Å². The van der Waals surface area contributed by atoms with E-state index in [1.54, 1.807) is 24.3 Å². The molecule has 1 amide bonds. The molecule has 0 aliphatic carbocycles. The average molecular weight is 376 g/mol. The molecule has 0 spiro atoms. The van der Waals surface area contributed by atoms with Crippen LogP contribution in [0.25, 0.3) is 6.08 Å². The molecule has 1 saturated heterocycles. The van der Waals surface area contributed by atoms with Crippen molar-refractivity contribution in [3.05, 3.63) is 64.0 Å². The van der Waals surface area contributed by atoms with E-state index < -0.39 is 0 Å². The Hall–Kier alpha value is -1.82. The lowest BCUT2D eigenvalue weighted by molar-refractivity contribution is -0.113. The van der Waals surface area contributed by atoms with Gasteiger partial charge in [0, 0.05) is 5.02 Å². The number of rotatable bonds is 4. The van der Waals surface area contributed by atoms with Gasteiger partial charge in [0.05, 0.1) is 17.2 Å². The molecule has 0 unspecified atom stereocenters. The molecule has 1 heterocycles. The van der Waals surface area contributed by atoms with Crippen LogP contribution in [-0.2, 0) is 4.79 Å². The monoisotopic (exact) mass is 375 g/mol. The highest BCUT2D eigenvalue weighted by Crippen LogP contribution is 2.36. The third-order valence-electron chi connectivity index (χ3n) is 3.35. The van der Waals surface area contributed by atoms with Gasteiger partial charge in [-0.25, -0.2) is 0 Å². The Morgan fingerprint density at radius 3 is 2.71 bits per heavy atom. The number of benzene rings is 2. The van der Waals surface area contributed by atoms with E-state index in [0.29, 0.717) is 26.5 Å². The van der Waals surface area contributed by atoms with Gasteiger partial charge in [0.2, 0.25) is 0 Å². The first-order valence-corrected chi connectivity index (χ1v) is 8.95. The highest BCUT2D eigenvalue weighted by Gasteiger charge is 2.33. The van der Waals surface area contributed by atoms with Gasteiger partial charge in [-0.1, -0.05) is 47.7 Å². The van der Waals surface area contributed by atoms with Crippen LogP contribution in [0, 0.1) is 0 Å². The summed E-state index contributed by atoms with van der Waals surface area (Å²) in [5.74, 6) is 0.647. The van der Waals surface area contributed by atoms with Crippen molar-refractivity contribution in [3.8, 4) is 5.75 Å². The van der Waals surface area contributed by atoms with Gasteiger partial charge in [-0.3, -0.25) is 9.69 Å². The topological polar surface area (TPSA) is 29.5 Å². The number of nitrogens with zero attached hydrogens (tertiary/aromatic N) is 1. The van der Waals surface area contributed by atoms with Crippen LogP contribution >= 0.6 is 35.6 Å². The Morgan fingerprint density at radius 2 is 2.00 bits per heavy atom. The number of carbonyl (C=O) groups excluding carboxylic acids is 1. The quantitative estimate of drug-likeness (QED) is 0.546. The minimum atomic E-state index is -0.130. The largest absolute Gasteiger partial charge is 0.494 e. The van der Waals surface area contributed by atoms with Crippen LogP contribution in [0.2, 0.25) is 5.02 Å². The third-order valence-corrected chi connectivity index (χ3v) is 4.90. The van der Waals surface area contributed by atoms with E-state index >= 15 is 0 Å². The fraction of sp³-hybridized carbons (Fsp3) is 0.111. The molecule has 122 valence electrons. The molecule has 0 bridgehead atoms. The van der Waals surface area contributed by atoms with Crippen molar-refractivity contribution in [2.24, 2.45) is 0 Å². The molecule has 2 aromatic rings. The summed E-state index contributed by atoms with van der Waals surface area (Å²) in [6, 6.07) is 14.7. The number of hydrogen-bond donors (Lipinski definition) is 0. The molecule has 2 aromatic carbocycles. The van der Waals surface area contributed by atoms with Crippen LogP contribution < -0.4 is 9.64 Å². The molecule has 1 aliphatic rings. The molecule has 1 fully saturated rings. The second kappa shape index (κ2) is 7.38. The Bertz CT molecular complexity index is 818. The molecule has 24 heavy (non-hydrogen) atoms. The first kappa shape index (κ1) is 17.0. The van der Waals surface area contributed by atoms with Gasteiger partial charge in [0.1, 0.15) is 5.75 Å². The number of thiocarbonyl (C=S) groups is 1. The van der Waals surface area contributed by atoms with Gasteiger partial charge in [-0.2, -0.15) is 0 Å². The predicted molar refractivity (Wildman–Crippen MR) is 105 cm³/mol. The van der Waals surface area contributed by atoms with Crippen molar-refractivity contribution < 1.29 is 9.53 Å². The van der Waals surface area contributed by atoms with Gasteiger partial charge < -0.3 is 4.74 Å². The highest BCUT2D eigenvalue weighted by molar-refractivity contribution is 8.27. The Morgan fingerprint density at radius 1 is 1.25 bits per heavy atom. The van der Waals surface area contributed by atoms with Crippen molar-refractivity contribution in [2.45, 2.75) is 6.92 Å². The molecule has 3 nitrogen and oxygen atoms in total. The van der Waals surface area contributed by atoms with Crippen LogP contribution in [-0.4, -0.2) is 16.8 Å². The number of carbonyl (C=O) groups is 1. The number of hydrogen-bond acceptors (Lipinski definition) is 4. The highest BCUT2D eigenvalue weighted by atomic mass is 35.5. The maximum absolute atomic E-state index is 12.7. The molecule has 0 atom stereocenters. The number of halogens is 1. The van der Waals surface area contributed by atoms with E-state index in [2.05, 4.69) is 0 Å². The third kappa shape index (κ3) is 3.64. The van der Waals surface area contributed by atoms with E-state index in [0.717, 1.165) is 11.3 Å². The van der Waals surface area contributed by atoms with E-state index in [1.165, 1.54) is 16.7 Å². The maximum atomic E-state index is 12.7. The minimum Gasteiger partial charge on any atom is -0.494 e. The van der Waals surface area contributed by atoms with Crippen molar-refractivity contribution in [3.63, 3.8) is 0 Å². The molecule has 0 aromatic heterocycles. The standard InChI is InChI=1S/C18H14ClNO2S2/c1-2-22-15-5-3-4-12(10-15)11-16-17(21)20(18(23)24-16)14-8-6-13(19)7-9-14/h3-11H,2H2,1H3/b16-11+. The second-order valence-electron chi connectivity index (χ2n) is 5.00. The number of thioether (sulfide) groups is 1. The summed E-state index contributed by atoms with van der Waals surface area (Å²) in [5, 5.41) is 0.618. The van der Waals surface area contributed by atoms with Crippen molar-refractivity contribution in [1.29, 1.82) is 0 Å². The van der Waals surface area contributed by atoms with Gasteiger partial charge >= 0.3 is 0 Å². The predicted octanol–water partition coefficient (Wildman–Crippen LogP) is 5.14. The zero-order chi connectivity index (χ0) is 17.1. The van der Waals surface area contributed by atoms with E-state index in [-0.39, 0.29) is 5.91 Å². The summed E-state index contributed by atoms with van der Waals surface area (Å²) in [6.07, 6.45) is 1.83. The van der Waals surface area contributed by atoms with Crippen LogP contribution in [0.3, 0.4) is 0 Å². The van der Waals surface area contributed by atoms with Gasteiger partial charge in [0.25, 0.3) is 5.91 Å². The summed E-state index contributed by atoms with van der Waals surface area (Å²) >= 11 is 12.6. The summed E-state index contributed by atoms with van der Waals surface area (Å²) in [5.41, 5.74) is 1.62. The molecular formula is C18H14ClNO2S2. The molecular weight excluding hydrogens is 362 g/mol. The van der Waals surface area contributed by atoms with Crippen molar-refractivity contribution >= 4 is 57.6 Å². The normalized spacial score (nSPS) is 16.1.